The Kier molecular flexibility index (Phi) is 5.46. The van der Waals surface area contributed by atoms with Crippen LogP contribution >= 0.6 is 0 Å². The van der Waals surface area contributed by atoms with Crippen LogP contribution in [0.1, 0.15) is 25.5 Å². The minimum atomic E-state index is -3.16. The zero-order valence-electron chi connectivity index (χ0n) is 17.2. The number of hydrogen-bond donors (Lipinski definition) is 0. The number of aromatic nitrogens is 1. The molecule has 0 atom stereocenters. The molecule has 0 spiro atoms. The van der Waals surface area contributed by atoms with Crippen molar-refractivity contribution >= 4 is 20.8 Å². The number of benzene rings is 1. The van der Waals surface area contributed by atoms with Crippen LogP contribution in [0.15, 0.2) is 58.2 Å². The van der Waals surface area contributed by atoms with Gasteiger partial charge in [0.2, 0.25) is 21.2 Å². The van der Waals surface area contributed by atoms with E-state index in [0.717, 1.165) is 10.8 Å². The van der Waals surface area contributed by atoms with Crippen molar-refractivity contribution in [3.05, 3.63) is 65.0 Å². The molecule has 8 heteroatoms. The van der Waals surface area contributed by atoms with E-state index in [1.165, 1.54) is 22.9 Å². The second kappa shape index (κ2) is 7.92. The predicted molar refractivity (Wildman–Crippen MR) is 115 cm³/mol. The van der Waals surface area contributed by atoms with Gasteiger partial charge >= 0.3 is 0 Å². The van der Waals surface area contributed by atoms with Gasteiger partial charge in [0.1, 0.15) is 12.0 Å². The SMILES string of the molecule is CC1(COc2coc(Cn3cc4ccccc4c3)cc2=O)CCN(S(C)(=O)=O)CC1. The van der Waals surface area contributed by atoms with Gasteiger partial charge in [0.15, 0.2) is 0 Å². The first-order chi connectivity index (χ1) is 14.2. The van der Waals surface area contributed by atoms with Gasteiger partial charge in [0, 0.05) is 37.0 Å². The van der Waals surface area contributed by atoms with Crippen LogP contribution in [0.2, 0.25) is 0 Å². The Hall–Kier alpha value is -2.58. The van der Waals surface area contributed by atoms with E-state index in [1.807, 2.05) is 41.2 Å². The Morgan fingerprint density at radius 1 is 1.13 bits per heavy atom. The van der Waals surface area contributed by atoms with Gasteiger partial charge < -0.3 is 13.7 Å². The molecule has 1 aromatic carbocycles. The van der Waals surface area contributed by atoms with Crippen LogP contribution in [0.5, 0.6) is 5.75 Å². The van der Waals surface area contributed by atoms with Gasteiger partial charge in [-0.05, 0) is 23.6 Å². The summed E-state index contributed by atoms with van der Waals surface area (Å²) >= 11 is 0. The maximum absolute atomic E-state index is 12.5. The molecule has 7 nitrogen and oxygen atoms in total. The number of rotatable bonds is 6. The van der Waals surface area contributed by atoms with Gasteiger partial charge in [0.05, 0.1) is 19.4 Å². The summed E-state index contributed by atoms with van der Waals surface area (Å²) in [6, 6.07) is 9.53. The van der Waals surface area contributed by atoms with E-state index in [-0.39, 0.29) is 16.6 Å². The third-order valence-corrected chi connectivity index (χ3v) is 7.07. The lowest BCUT2D eigenvalue weighted by Crippen LogP contribution is -2.43. The minimum absolute atomic E-state index is 0.183. The average molecular weight is 431 g/mol. The molecule has 1 aliphatic heterocycles. The van der Waals surface area contributed by atoms with Gasteiger partial charge in [-0.15, -0.1) is 0 Å². The van der Waals surface area contributed by atoms with Crippen molar-refractivity contribution in [3.8, 4) is 5.75 Å². The lowest BCUT2D eigenvalue weighted by Gasteiger charge is -2.37. The molecule has 3 aromatic rings. The van der Waals surface area contributed by atoms with Crippen LogP contribution in [0.4, 0.5) is 0 Å². The molecule has 30 heavy (non-hydrogen) atoms. The number of sulfonamides is 1. The molecule has 1 fully saturated rings. The molecule has 2 aromatic heterocycles. The molecule has 160 valence electrons. The van der Waals surface area contributed by atoms with Crippen LogP contribution in [-0.4, -0.2) is 43.2 Å². The van der Waals surface area contributed by atoms with E-state index in [1.54, 1.807) is 0 Å². The third kappa shape index (κ3) is 4.60. The molecule has 1 aliphatic rings. The van der Waals surface area contributed by atoms with E-state index < -0.39 is 10.0 Å². The van der Waals surface area contributed by atoms with Crippen molar-refractivity contribution in [1.82, 2.24) is 8.87 Å². The zero-order chi connectivity index (χ0) is 21.4. The highest BCUT2D eigenvalue weighted by atomic mass is 32.2. The van der Waals surface area contributed by atoms with Crippen molar-refractivity contribution in [1.29, 1.82) is 0 Å². The molecule has 0 radical (unpaired) electrons. The molecule has 3 heterocycles. The Morgan fingerprint density at radius 2 is 1.77 bits per heavy atom. The van der Waals surface area contributed by atoms with E-state index in [2.05, 4.69) is 6.92 Å². The maximum atomic E-state index is 12.5. The Labute approximate surface area is 175 Å². The quantitative estimate of drug-likeness (QED) is 0.600. The van der Waals surface area contributed by atoms with Gasteiger partial charge in [-0.2, -0.15) is 0 Å². The summed E-state index contributed by atoms with van der Waals surface area (Å²) in [5.41, 5.74) is -0.400. The summed E-state index contributed by atoms with van der Waals surface area (Å²) in [5.74, 6) is 0.739. The molecule has 1 saturated heterocycles. The average Bonchev–Trinajstić information content (AvgIpc) is 3.09. The molecule has 0 aliphatic carbocycles. The van der Waals surface area contributed by atoms with E-state index >= 15 is 0 Å². The molecule has 0 bridgehead atoms. The molecular weight excluding hydrogens is 404 g/mol. The number of hydrogen-bond acceptors (Lipinski definition) is 5. The lowest BCUT2D eigenvalue weighted by molar-refractivity contribution is 0.0967. The number of fused-ring (bicyclic) bond motifs is 1. The highest BCUT2D eigenvalue weighted by Crippen LogP contribution is 2.32. The van der Waals surface area contributed by atoms with Gasteiger partial charge in [-0.3, -0.25) is 4.79 Å². The highest BCUT2D eigenvalue weighted by Gasteiger charge is 2.34. The molecule has 0 unspecified atom stereocenters. The minimum Gasteiger partial charge on any atom is -0.486 e. The summed E-state index contributed by atoms with van der Waals surface area (Å²) in [4.78, 5) is 12.5. The third-order valence-electron chi connectivity index (χ3n) is 5.77. The summed E-state index contributed by atoms with van der Waals surface area (Å²) in [7, 11) is -3.16. The fourth-order valence-corrected chi connectivity index (χ4v) is 4.64. The lowest BCUT2D eigenvalue weighted by atomic mass is 9.82. The second-order valence-corrected chi connectivity index (χ2v) is 10.4. The number of ether oxygens (including phenoxy) is 1. The molecule has 0 amide bonds. The summed E-state index contributed by atoms with van der Waals surface area (Å²) in [6.45, 7) is 3.80. The first-order valence-corrected chi connectivity index (χ1v) is 11.8. The molecule has 0 N–H and O–H groups in total. The number of nitrogens with zero attached hydrogens (tertiary/aromatic N) is 2. The molecular formula is C22H26N2O5S. The van der Waals surface area contributed by atoms with Crippen LogP contribution < -0.4 is 10.2 Å². The maximum Gasteiger partial charge on any atom is 0.227 e. The van der Waals surface area contributed by atoms with Gasteiger partial charge in [-0.25, -0.2) is 12.7 Å². The van der Waals surface area contributed by atoms with Crippen LogP contribution in [0.25, 0.3) is 10.8 Å². The zero-order valence-corrected chi connectivity index (χ0v) is 18.0. The van der Waals surface area contributed by atoms with Crippen molar-refractivity contribution in [2.24, 2.45) is 5.41 Å². The molecule has 0 saturated carbocycles. The fraction of sp³-hybridized carbons (Fsp3) is 0.409. The summed E-state index contributed by atoms with van der Waals surface area (Å²) in [5, 5.41) is 2.27. The summed E-state index contributed by atoms with van der Waals surface area (Å²) < 4.78 is 38.2. The summed E-state index contributed by atoms with van der Waals surface area (Å²) in [6.07, 6.45) is 8.01. The Bertz CT molecular complexity index is 1170. The topological polar surface area (TPSA) is 81.8 Å². The Balaban J connectivity index is 1.38. The van der Waals surface area contributed by atoms with Crippen LogP contribution in [-0.2, 0) is 16.6 Å². The van der Waals surface area contributed by atoms with Gasteiger partial charge in [0.25, 0.3) is 0 Å². The monoisotopic (exact) mass is 430 g/mol. The first-order valence-electron chi connectivity index (χ1n) is 9.96. The van der Waals surface area contributed by atoms with Crippen LogP contribution in [0, 0.1) is 5.41 Å². The standard InChI is InChI=1S/C22H26N2O5S/c1-22(7-9-24(10-8-22)30(2,26)27)16-29-21-15-28-19(11-20(21)25)14-23-12-17-5-3-4-6-18(17)13-23/h3-6,11-13,15H,7-10,14,16H2,1-2H3. The normalized spacial score (nSPS) is 17.3. The van der Waals surface area contributed by atoms with Crippen molar-refractivity contribution in [3.63, 3.8) is 0 Å². The second-order valence-electron chi connectivity index (χ2n) is 8.40. The van der Waals surface area contributed by atoms with Gasteiger partial charge in [-0.1, -0.05) is 31.2 Å². The Morgan fingerprint density at radius 3 is 2.33 bits per heavy atom. The largest absolute Gasteiger partial charge is 0.486 e. The number of piperidine rings is 1. The van der Waals surface area contributed by atoms with Crippen molar-refractivity contribution < 1.29 is 17.6 Å². The predicted octanol–water partition coefficient (Wildman–Crippen LogP) is 3.08. The smallest absolute Gasteiger partial charge is 0.227 e. The first kappa shape index (κ1) is 20.7. The van der Waals surface area contributed by atoms with Crippen molar-refractivity contribution in [2.75, 3.05) is 26.0 Å². The fourth-order valence-electron chi connectivity index (χ4n) is 3.79. The van der Waals surface area contributed by atoms with Crippen molar-refractivity contribution in [2.45, 2.75) is 26.3 Å². The molecule has 4 rings (SSSR count). The highest BCUT2D eigenvalue weighted by molar-refractivity contribution is 7.88. The van der Waals surface area contributed by atoms with E-state index in [0.29, 0.717) is 44.8 Å². The van der Waals surface area contributed by atoms with Crippen LogP contribution in [0.3, 0.4) is 0 Å². The van der Waals surface area contributed by atoms with E-state index in [9.17, 15) is 13.2 Å². The van der Waals surface area contributed by atoms with E-state index in [4.69, 9.17) is 9.15 Å².